The summed E-state index contributed by atoms with van der Waals surface area (Å²) in [4.78, 5) is 26.4. The Labute approximate surface area is 161 Å². The van der Waals surface area contributed by atoms with Crippen molar-refractivity contribution in [1.82, 2.24) is 10.6 Å². The van der Waals surface area contributed by atoms with E-state index in [1.54, 1.807) is 0 Å². The van der Waals surface area contributed by atoms with Crippen LogP contribution in [0.3, 0.4) is 0 Å². The standard InChI is InChI=1S/C21H31N3O3/c25-20(21(26)23-18-5-3-1-2-4-6-18)22-12-11-17-7-9-19(10-8-17)24-13-15-27-16-14-24/h7-10,18H,1-6,11-16H2,(H,22,25)(H,23,26). The van der Waals surface area contributed by atoms with Gasteiger partial charge in [-0.1, -0.05) is 37.8 Å². The number of hydrogen-bond donors (Lipinski definition) is 2. The van der Waals surface area contributed by atoms with Gasteiger partial charge in [-0.25, -0.2) is 0 Å². The van der Waals surface area contributed by atoms with E-state index in [2.05, 4.69) is 39.8 Å². The summed E-state index contributed by atoms with van der Waals surface area (Å²) < 4.78 is 5.38. The predicted molar refractivity (Wildman–Crippen MR) is 106 cm³/mol. The van der Waals surface area contributed by atoms with Gasteiger partial charge in [-0.2, -0.15) is 0 Å². The first-order valence-corrected chi connectivity index (χ1v) is 10.2. The Bertz CT molecular complexity index is 604. The number of anilines is 1. The van der Waals surface area contributed by atoms with Crippen LogP contribution in [0.2, 0.25) is 0 Å². The maximum absolute atomic E-state index is 12.0. The molecule has 0 atom stereocenters. The number of ether oxygens (including phenoxy) is 1. The smallest absolute Gasteiger partial charge is 0.309 e. The van der Waals surface area contributed by atoms with Gasteiger partial charge >= 0.3 is 11.8 Å². The lowest BCUT2D eigenvalue weighted by molar-refractivity contribution is -0.139. The number of benzene rings is 1. The van der Waals surface area contributed by atoms with Crippen LogP contribution in [0.5, 0.6) is 0 Å². The van der Waals surface area contributed by atoms with Crippen LogP contribution >= 0.6 is 0 Å². The zero-order valence-electron chi connectivity index (χ0n) is 16.0. The molecule has 27 heavy (non-hydrogen) atoms. The molecule has 6 heteroatoms. The minimum Gasteiger partial charge on any atom is -0.378 e. The summed E-state index contributed by atoms with van der Waals surface area (Å²) in [6.07, 6.45) is 7.39. The van der Waals surface area contributed by atoms with Crippen LogP contribution in [-0.4, -0.2) is 50.7 Å². The molecule has 0 radical (unpaired) electrons. The topological polar surface area (TPSA) is 70.7 Å². The van der Waals surface area contributed by atoms with Gasteiger partial charge in [-0.3, -0.25) is 9.59 Å². The van der Waals surface area contributed by atoms with Crippen molar-refractivity contribution in [2.75, 3.05) is 37.7 Å². The Morgan fingerprint density at radius 1 is 0.963 bits per heavy atom. The Morgan fingerprint density at radius 3 is 2.30 bits per heavy atom. The number of nitrogens with one attached hydrogen (secondary N) is 2. The third-order valence-electron chi connectivity index (χ3n) is 5.41. The highest BCUT2D eigenvalue weighted by Crippen LogP contribution is 2.18. The second-order valence-corrected chi connectivity index (χ2v) is 7.43. The highest BCUT2D eigenvalue weighted by Gasteiger charge is 2.19. The number of hydrogen-bond acceptors (Lipinski definition) is 4. The lowest BCUT2D eigenvalue weighted by Crippen LogP contribution is -2.44. The van der Waals surface area contributed by atoms with Crippen LogP contribution in [0.1, 0.15) is 44.1 Å². The van der Waals surface area contributed by atoms with Gasteiger partial charge in [-0.05, 0) is 37.0 Å². The van der Waals surface area contributed by atoms with Crippen molar-refractivity contribution in [2.45, 2.75) is 51.0 Å². The van der Waals surface area contributed by atoms with Crippen molar-refractivity contribution in [3.05, 3.63) is 29.8 Å². The van der Waals surface area contributed by atoms with Gasteiger partial charge in [0.05, 0.1) is 13.2 Å². The summed E-state index contributed by atoms with van der Waals surface area (Å²) in [6.45, 7) is 3.86. The van der Waals surface area contributed by atoms with Gasteiger partial charge in [-0.15, -0.1) is 0 Å². The van der Waals surface area contributed by atoms with Crippen molar-refractivity contribution >= 4 is 17.5 Å². The fourth-order valence-electron chi connectivity index (χ4n) is 3.77. The average molecular weight is 373 g/mol. The SMILES string of the molecule is O=C(NCCc1ccc(N2CCOCC2)cc1)C(=O)NC1CCCCCC1. The van der Waals surface area contributed by atoms with Gasteiger partial charge in [0, 0.05) is 31.4 Å². The summed E-state index contributed by atoms with van der Waals surface area (Å²) in [6, 6.07) is 8.55. The van der Waals surface area contributed by atoms with E-state index < -0.39 is 11.8 Å². The zero-order chi connectivity index (χ0) is 18.9. The van der Waals surface area contributed by atoms with E-state index in [0.717, 1.165) is 57.6 Å². The quantitative estimate of drug-likeness (QED) is 0.612. The number of morpholine rings is 1. The van der Waals surface area contributed by atoms with E-state index in [-0.39, 0.29) is 6.04 Å². The van der Waals surface area contributed by atoms with E-state index in [1.165, 1.54) is 18.5 Å². The van der Waals surface area contributed by atoms with Crippen LogP contribution in [0.15, 0.2) is 24.3 Å². The first kappa shape index (κ1) is 19.7. The van der Waals surface area contributed by atoms with Gasteiger partial charge in [0.1, 0.15) is 0 Å². The molecule has 2 N–H and O–H groups in total. The fourth-order valence-corrected chi connectivity index (χ4v) is 3.77. The normalized spacial score (nSPS) is 18.6. The summed E-state index contributed by atoms with van der Waals surface area (Å²) in [5.41, 5.74) is 2.35. The highest BCUT2D eigenvalue weighted by atomic mass is 16.5. The minimum atomic E-state index is -0.524. The largest absolute Gasteiger partial charge is 0.378 e. The maximum Gasteiger partial charge on any atom is 0.309 e. The Balaban J connectivity index is 1.38. The van der Waals surface area contributed by atoms with Crippen LogP contribution in [-0.2, 0) is 20.7 Å². The number of amides is 2. The van der Waals surface area contributed by atoms with Gasteiger partial charge < -0.3 is 20.3 Å². The highest BCUT2D eigenvalue weighted by molar-refractivity contribution is 6.35. The van der Waals surface area contributed by atoms with Crippen molar-refractivity contribution in [1.29, 1.82) is 0 Å². The molecule has 6 nitrogen and oxygen atoms in total. The molecule has 1 aromatic carbocycles. The number of rotatable bonds is 5. The molecule has 148 valence electrons. The van der Waals surface area contributed by atoms with Crippen LogP contribution in [0.4, 0.5) is 5.69 Å². The molecule has 1 aliphatic carbocycles. The van der Waals surface area contributed by atoms with E-state index in [4.69, 9.17) is 4.74 Å². The molecule has 1 aliphatic heterocycles. The first-order valence-electron chi connectivity index (χ1n) is 10.2. The van der Waals surface area contributed by atoms with Gasteiger partial charge in [0.15, 0.2) is 0 Å². The van der Waals surface area contributed by atoms with Crippen LogP contribution in [0.25, 0.3) is 0 Å². The molecule has 1 saturated heterocycles. The molecule has 1 saturated carbocycles. The Morgan fingerprint density at radius 2 is 1.63 bits per heavy atom. The molecule has 3 rings (SSSR count). The zero-order valence-corrected chi connectivity index (χ0v) is 16.0. The lowest BCUT2D eigenvalue weighted by atomic mass is 10.1. The third kappa shape index (κ3) is 6.24. The first-order chi connectivity index (χ1) is 13.2. The molecule has 2 fully saturated rings. The van der Waals surface area contributed by atoms with E-state index in [0.29, 0.717) is 13.0 Å². The number of carbonyl (C=O) groups is 2. The van der Waals surface area contributed by atoms with Gasteiger partial charge in [0.25, 0.3) is 0 Å². The molecule has 1 aromatic rings. The summed E-state index contributed by atoms with van der Waals surface area (Å²) in [5.74, 6) is -1.02. The summed E-state index contributed by atoms with van der Waals surface area (Å²) in [7, 11) is 0. The second-order valence-electron chi connectivity index (χ2n) is 7.43. The fraction of sp³-hybridized carbons (Fsp3) is 0.619. The second kappa shape index (κ2) is 10.3. The predicted octanol–water partition coefficient (Wildman–Crippen LogP) is 2.02. The van der Waals surface area contributed by atoms with Crippen molar-refractivity contribution in [3.8, 4) is 0 Å². The van der Waals surface area contributed by atoms with Crippen molar-refractivity contribution in [3.63, 3.8) is 0 Å². The number of nitrogens with zero attached hydrogens (tertiary/aromatic N) is 1. The maximum atomic E-state index is 12.0. The summed E-state index contributed by atoms with van der Waals surface area (Å²) >= 11 is 0. The molecular formula is C21H31N3O3. The van der Waals surface area contributed by atoms with Crippen molar-refractivity contribution in [2.24, 2.45) is 0 Å². The molecule has 0 spiro atoms. The van der Waals surface area contributed by atoms with Crippen LogP contribution < -0.4 is 15.5 Å². The van der Waals surface area contributed by atoms with Crippen molar-refractivity contribution < 1.29 is 14.3 Å². The molecular weight excluding hydrogens is 342 g/mol. The van der Waals surface area contributed by atoms with E-state index in [1.807, 2.05) is 0 Å². The lowest BCUT2D eigenvalue weighted by Gasteiger charge is -2.28. The minimum absolute atomic E-state index is 0.151. The molecule has 2 aliphatic rings. The van der Waals surface area contributed by atoms with E-state index in [9.17, 15) is 9.59 Å². The van der Waals surface area contributed by atoms with E-state index >= 15 is 0 Å². The molecule has 0 aromatic heterocycles. The molecule has 0 bridgehead atoms. The molecule has 1 heterocycles. The number of carbonyl (C=O) groups excluding carboxylic acids is 2. The Hall–Kier alpha value is -2.08. The monoisotopic (exact) mass is 373 g/mol. The van der Waals surface area contributed by atoms with Crippen LogP contribution in [0, 0.1) is 0 Å². The van der Waals surface area contributed by atoms with Gasteiger partial charge in [0.2, 0.25) is 0 Å². The Kier molecular flexibility index (Phi) is 7.51. The third-order valence-corrected chi connectivity index (χ3v) is 5.41. The molecule has 2 amide bonds. The average Bonchev–Trinajstić information content (AvgIpc) is 2.98. The summed E-state index contributed by atoms with van der Waals surface area (Å²) in [5, 5.41) is 5.62. The molecule has 0 unspecified atom stereocenters.